The number of rotatable bonds is 6. The van der Waals surface area contributed by atoms with Crippen LogP contribution in [0.5, 0.6) is 0 Å². The number of carbonyl (C=O) groups is 1. The molecule has 0 aliphatic heterocycles. The molecule has 2 N–H and O–H groups in total. The summed E-state index contributed by atoms with van der Waals surface area (Å²) in [6.07, 6.45) is 0.138. The first-order valence-electron chi connectivity index (χ1n) is 4.87. The molecule has 0 atom stereocenters. The lowest BCUT2D eigenvalue weighted by atomic mass is 10.1. The maximum Gasteiger partial charge on any atom is 0.162 e. The summed E-state index contributed by atoms with van der Waals surface area (Å²) >= 11 is 5.52. The predicted molar refractivity (Wildman–Crippen MR) is 60.0 cm³/mol. The quantitative estimate of drug-likeness (QED) is 0.774. The molecule has 0 unspecified atom stereocenters. The molecule has 0 aliphatic carbocycles. The molecule has 16 heavy (non-hydrogen) atoms. The third-order valence-corrected chi connectivity index (χ3v) is 2.22. The van der Waals surface area contributed by atoms with Gasteiger partial charge in [0, 0.05) is 13.0 Å². The van der Waals surface area contributed by atoms with Gasteiger partial charge in [0.1, 0.15) is 12.4 Å². The number of halogens is 2. The van der Waals surface area contributed by atoms with Gasteiger partial charge >= 0.3 is 0 Å². The zero-order valence-corrected chi connectivity index (χ0v) is 9.47. The Labute approximate surface area is 98.3 Å². The number of ether oxygens (including phenoxy) is 1. The number of ketones is 1. The van der Waals surface area contributed by atoms with E-state index in [2.05, 4.69) is 0 Å². The Kier molecular flexibility index (Phi) is 5.38. The Bertz CT molecular complexity index is 371. The van der Waals surface area contributed by atoms with Crippen LogP contribution in [-0.4, -0.2) is 25.5 Å². The van der Waals surface area contributed by atoms with Crippen LogP contribution in [-0.2, 0) is 16.0 Å². The molecule has 0 saturated carbocycles. The Hall–Kier alpha value is -0.970. The Morgan fingerprint density at radius 1 is 1.50 bits per heavy atom. The smallest absolute Gasteiger partial charge is 0.162 e. The highest BCUT2D eigenvalue weighted by Gasteiger charge is 2.06. The highest BCUT2D eigenvalue weighted by Crippen LogP contribution is 2.15. The van der Waals surface area contributed by atoms with Crippen molar-refractivity contribution in [2.24, 2.45) is 5.73 Å². The van der Waals surface area contributed by atoms with E-state index in [9.17, 15) is 9.18 Å². The minimum absolute atomic E-state index is 0.00143. The zero-order valence-electron chi connectivity index (χ0n) is 8.71. The van der Waals surface area contributed by atoms with Crippen LogP contribution in [0.1, 0.15) is 5.56 Å². The van der Waals surface area contributed by atoms with Gasteiger partial charge in [-0.25, -0.2) is 4.39 Å². The summed E-state index contributed by atoms with van der Waals surface area (Å²) in [7, 11) is 0. The molecule has 0 heterocycles. The zero-order chi connectivity index (χ0) is 12.0. The molecule has 5 heteroatoms. The van der Waals surface area contributed by atoms with E-state index in [1.54, 1.807) is 6.07 Å². The van der Waals surface area contributed by atoms with Crippen LogP contribution in [0.3, 0.4) is 0 Å². The van der Waals surface area contributed by atoms with Gasteiger partial charge < -0.3 is 10.5 Å². The molecule has 0 saturated heterocycles. The molecule has 1 aromatic carbocycles. The van der Waals surface area contributed by atoms with Crippen molar-refractivity contribution in [2.75, 3.05) is 19.8 Å². The molecule has 3 nitrogen and oxygen atoms in total. The average Bonchev–Trinajstić information content (AvgIpc) is 2.24. The molecule has 1 rings (SSSR count). The summed E-state index contributed by atoms with van der Waals surface area (Å²) in [5.74, 6) is -0.634. The molecule has 0 spiro atoms. The molecule has 0 radical (unpaired) electrons. The second kappa shape index (κ2) is 6.58. The summed E-state index contributed by atoms with van der Waals surface area (Å²) in [6, 6.07) is 4.30. The van der Waals surface area contributed by atoms with E-state index in [4.69, 9.17) is 22.1 Å². The highest BCUT2D eigenvalue weighted by atomic mass is 35.5. The van der Waals surface area contributed by atoms with Gasteiger partial charge in [0.15, 0.2) is 5.78 Å². The Morgan fingerprint density at radius 2 is 2.25 bits per heavy atom. The lowest BCUT2D eigenvalue weighted by molar-refractivity contribution is -0.122. The van der Waals surface area contributed by atoms with Crippen molar-refractivity contribution in [3.8, 4) is 0 Å². The summed E-state index contributed by atoms with van der Waals surface area (Å²) in [5, 5.41) is 0.0515. The second-order valence-corrected chi connectivity index (χ2v) is 3.71. The van der Waals surface area contributed by atoms with E-state index in [0.29, 0.717) is 18.7 Å². The predicted octanol–water partition coefficient (Wildman–Crippen LogP) is 1.57. The topological polar surface area (TPSA) is 52.3 Å². The van der Waals surface area contributed by atoms with Crippen LogP contribution < -0.4 is 5.73 Å². The number of hydrogen-bond acceptors (Lipinski definition) is 3. The first kappa shape index (κ1) is 13.1. The summed E-state index contributed by atoms with van der Waals surface area (Å²) in [6.45, 7) is 0.727. The van der Waals surface area contributed by atoms with Crippen molar-refractivity contribution >= 4 is 17.4 Å². The van der Waals surface area contributed by atoms with Gasteiger partial charge in [-0.15, -0.1) is 0 Å². The van der Waals surface area contributed by atoms with E-state index in [1.165, 1.54) is 12.1 Å². The first-order valence-corrected chi connectivity index (χ1v) is 5.24. The molecule has 0 bridgehead atoms. The summed E-state index contributed by atoms with van der Waals surface area (Å²) < 4.78 is 18.0. The molecule has 0 aliphatic rings. The van der Waals surface area contributed by atoms with E-state index < -0.39 is 5.82 Å². The van der Waals surface area contributed by atoms with Crippen LogP contribution in [0.4, 0.5) is 4.39 Å². The van der Waals surface area contributed by atoms with Crippen molar-refractivity contribution in [1.29, 1.82) is 0 Å². The first-order chi connectivity index (χ1) is 7.63. The van der Waals surface area contributed by atoms with Crippen LogP contribution in [0.15, 0.2) is 18.2 Å². The van der Waals surface area contributed by atoms with Gasteiger partial charge in [0.05, 0.1) is 11.6 Å². The lowest BCUT2D eigenvalue weighted by Crippen LogP contribution is -2.16. The third kappa shape index (κ3) is 4.26. The maximum atomic E-state index is 13.0. The summed E-state index contributed by atoms with van der Waals surface area (Å²) in [5.41, 5.74) is 5.79. The number of nitrogens with two attached hydrogens (primary N) is 1. The second-order valence-electron chi connectivity index (χ2n) is 3.31. The van der Waals surface area contributed by atoms with Gasteiger partial charge in [0.25, 0.3) is 0 Å². The summed E-state index contributed by atoms with van der Waals surface area (Å²) in [4.78, 5) is 11.4. The van der Waals surface area contributed by atoms with Crippen molar-refractivity contribution in [1.82, 2.24) is 0 Å². The normalized spacial score (nSPS) is 10.4. The SMILES string of the molecule is NCCOCC(=O)Cc1ccc(Cl)c(F)c1. The minimum Gasteiger partial charge on any atom is -0.372 e. The maximum absolute atomic E-state index is 13.0. The standard InChI is InChI=1S/C11H13ClFNO2/c12-10-2-1-8(6-11(10)13)5-9(15)7-16-4-3-14/h1-2,6H,3-5,7,14H2. The van der Waals surface area contributed by atoms with E-state index >= 15 is 0 Å². The molecule has 0 amide bonds. The Morgan fingerprint density at radius 3 is 2.88 bits per heavy atom. The average molecular weight is 246 g/mol. The fraction of sp³-hybridized carbons (Fsp3) is 0.364. The van der Waals surface area contributed by atoms with Crippen molar-refractivity contribution in [2.45, 2.75) is 6.42 Å². The molecule has 1 aromatic rings. The van der Waals surface area contributed by atoms with Crippen LogP contribution in [0.25, 0.3) is 0 Å². The molecule has 0 aromatic heterocycles. The van der Waals surface area contributed by atoms with Crippen molar-refractivity contribution < 1.29 is 13.9 Å². The van der Waals surface area contributed by atoms with Gasteiger partial charge in [-0.3, -0.25) is 4.79 Å². The van der Waals surface area contributed by atoms with E-state index in [1.807, 2.05) is 0 Å². The highest BCUT2D eigenvalue weighted by molar-refractivity contribution is 6.30. The fourth-order valence-corrected chi connectivity index (χ4v) is 1.32. The molecular formula is C11H13ClFNO2. The molecular weight excluding hydrogens is 233 g/mol. The lowest BCUT2D eigenvalue weighted by Gasteiger charge is -2.03. The van der Waals surface area contributed by atoms with Crippen molar-refractivity contribution in [3.63, 3.8) is 0 Å². The number of carbonyl (C=O) groups excluding carboxylic acids is 1. The van der Waals surface area contributed by atoms with Gasteiger partial charge in [-0.2, -0.15) is 0 Å². The van der Waals surface area contributed by atoms with E-state index in [0.717, 1.165) is 0 Å². The fourth-order valence-electron chi connectivity index (χ4n) is 1.20. The molecule has 0 fully saturated rings. The van der Waals surface area contributed by atoms with Crippen molar-refractivity contribution in [3.05, 3.63) is 34.6 Å². The number of hydrogen-bond donors (Lipinski definition) is 1. The van der Waals surface area contributed by atoms with Gasteiger partial charge in [-0.05, 0) is 17.7 Å². The number of benzene rings is 1. The third-order valence-electron chi connectivity index (χ3n) is 1.91. The van der Waals surface area contributed by atoms with Gasteiger partial charge in [0.2, 0.25) is 0 Å². The minimum atomic E-state index is -0.519. The molecule has 88 valence electrons. The van der Waals surface area contributed by atoms with Gasteiger partial charge in [-0.1, -0.05) is 17.7 Å². The van der Waals surface area contributed by atoms with E-state index in [-0.39, 0.29) is 23.8 Å². The van der Waals surface area contributed by atoms with Crippen LogP contribution in [0, 0.1) is 5.82 Å². The monoisotopic (exact) mass is 245 g/mol. The number of Topliss-reactive ketones (excluding diaryl/α,β-unsaturated/α-hetero) is 1. The Balaban J connectivity index is 2.46. The van der Waals surface area contributed by atoms with Crippen LogP contribution >= 0.6 is 11.6 Å². The largest absolute Gasteiger partial charge is 0.372 e. The van der Waals surface area contributed by atoms with Crippen LogP contribution in [0.2, 0.25) is 5.02 Å².